The van der Waals surface area contributed by atoms with Gasteiger partial charge in [0, 0.05) is 24.0 Å². The van der Waals surface area contributed by atoms with E-state index in [0.29, 0.717) is 13.0 Å². The number of rotatable bonds is 2. The van der Waals surface area contributed by atoms with E-state index in [0.717, 1.165) is 30.4 Å². The molecule has 2 heterocycles. The van der Waals surface area contributed by atoms with Crippen LogP contribution in [0.1, 0.15) is 30.9 Å². The van der Waals surface area contributed by atoms with Crippen molar-refractivity contribution in [1.82, 2.24) is 0 Å². The van der Waals surface area contributed by atoms with Crippen molar-refractivity contribution in [3.8, 4) is 0 Å². The summed E-state index contributed by atoms with van der Waals surface area (Å²) in [6, 6.07) is 3.38. The van der Waals surface area contributed by atoms with Gasteiger partial charge in [0.1, 0.15) is 11.6 Å². The maximum atomic E-state index is 13.8. The van der Waals surface area contributed by atoms with Gasteiger partial charge in [-0.15, -0.1) is 0 Å². The molecule has 20 heavy (non-hydrogen) atoms. The van der Waals surface area contributed by atoms with Gasteiger partial charge in [0.2, 0.25) is 0 Å². The average molecular weight is 300 g/mol. The van der Waals surface area contributed by atoms with Crippen LogP contribution in [-0.4, -0.2) is 28.8 Å². The fourth-order valence-corrected chi connectivity index (χ4v) is 4.57. The quantitative estimate of drug-likeness (QED) is 0.909. The summed E-state index contributed by atoms with van der Waals surface area (Å²) in [6.45, 7) is 0.602. The molecule has 1 spiro atoms. The Labute approximate surface area is 121 Å². The van der Waals surface area contributed by atoms with Crippen molar-refractivity contribution in [3.63, 3.8) is 0 Å². The molecule has 110 valence electrons. The lowest BCUT2D eigenvalue weighted by atomic mass is 9.80. The molecule has 1 N–H and O–H groups in total. The Bertz CT molecular complexity index is 489. The zero-order chi connectivity index (χ0) is 14.2. The molecular formula is C15H18F2O2S. The molecule has 0 amide bonds. The molecule has 3 atom stereocenters. The van der Waals surface area contributed by atoms with Crippen molar-refractivity contribution in [2.24, 2.45) is 5.92 Å². The summed E-state index contributed by atoms with van der Waals surface area (Å²) in [6.07, 6.45) is 1.57. The Hall–Kier alpha value is -0.650. The van der Waals surface area contributed by atoms with Crippen molar-refractivity contribution in [3.05, 3.63) is 35.4 Å². The third-order valence-corrected chi connectivity index (χ3v) is 5.55. The molecule has 0 aliphatic carbocycles. The van der Waals surface area contributed by atoms with E-state index in [2.05, 4.69) is 0 Å². The second-order valence-corrected chi connectivity index (χ2v) is 6.80. The predicted octanol–water partition coefficient (Wildman–Crippen LogP) is 3.30. The summed E-state index contributed by atoms with van der Waals surface area (Å²) in [4.78, 5) is 0. The van der Waals surface area contributed by atoms with Crippen LogP contribution in [0.2, 0.25) is 0 Å². The molecule has 0 bridgehead atoms. The fraction of sp³-hybridized carbons (Fsp3) is 0.600. The highest BCUT2D eigenvalue weighted by atomic mass is 32.2. The lowest BCUT2D eigenvalue weighted by Crippen LogP contribution is -2.41. The third kappa shape index (κ3) is 2.71. The van der Waals surface area contributed by atoms with Crippen LogP contribution >= 0.6 is 11.8 Å². The van der Waals surface area contributed by atoms with Gasteiger partial charge in [-0.2, -0.15) is 11.8 Å². The lowest BCUT2D eigenvalue weighted by Gasteiger charge is -2.39. The van der Waals surface area contributed by atoms with Crippen molar-refractivity contribution < 1.29 is 18.6 Å². The summed E-state index contributed by atoms with van der Waals surface area (Å²) in [7, 11) is 0. The fourth-order valence-electron chi connectivity index (χ4n) is 3.19. The number of hydrogen-bond donors (Lipinski definition) is 1. The molecule has 3 rings (SSSR count). The van der Waals surface area contributed by atoms with Crippen LogP contribution in [0.3, 0.4) is 0 Å². The van der Waals surface area contributed by atoms with E-state index in [-0.39, 0.29) is 17.1 Å². The van der Waals surface area contributed by atoms with Crippen LogP contribution in [0.25, 0.3) is 0 Å². The number of ether oxygens (including phenoxy) is 1. The van der Waals surface area contributed by atoms with E-state index in [1.54, 1.807) is 0 Å². The van der Waals surface area contributed by atoms with Gasteiger partial charge in [0.15, 0.2) is 0 Å². The zero-order valence-electron chi connectivity index (χ0n) is 11.1. The number of halogens is 2. The molecule has 1 aromatic carbocycles. The topological polar surface area (TPSA) is 29.5 Å². The second kappa shape index (κ2) is 5.62. The lowest BCUT2D eigenvalue weighted by molar-refractivity contribution is -0.102. The van der Waals surface area contributed by atoms with E-state index in [4.69, 9.17) is 4.74 Å². The molecule has 2 nitrogen and oxygen atoms in total. The first-order chi connectivity index (χ1) is 9.60. The SMILES string of the molecule is OC(c1ccc(F)cc1F)C1CCOC2(CCSC2)C1. The summed E-state index contributed by atoms with van der Waals surface area (Å²) in [5.41, 5.74) is 0.0459. The summed E-state index contributed by atoms with van der Waals surface area (Å²) in [5.74, 6) is 0.714. The second-order valence-electron chi connectivity index (χ2n) is 5.70. The normalized spacial score (nSPS) is 31.6. The summed E-state index contributed by atoms with van der Waals surface area (Å²) in [5, 5.41) is 10.4. The zero-order valence-corrected chi connectivity index (χ0v) is 12.0. The van der Waals surface area contributed by atoms with Gasteiger partial charge >= 0.3 is 0 Å². The summed E-state index contributed by atoms with van der Waals surface area (Å²) >= 11 is 1.86. The first kappa shape index (κ1) is 14.3. The Balaban J connectivity index is 1.77. The Morgan fingerprint density at radius 1 is 1.40 bits per heavy atom. The minimum absolute atomic E-state index is 0.0255. The molecule has 1 aromatic rings. The number of aliphatic hydroxyl groups excluding tert-OH is 1. The van der Waals surface area contributed by atoms with Gasteiger partial charge < -0.3 is 9.84 Å². The van der Waals surface area contributed by atoms with E-state index in [1.807, 2.05) is 11.8 Å². The number of thioether (sulfide) groups is 1. The monoisotopic (exact) mass is 300 g/mol. The van der Waals surface area contributed by atoms with E-state index in [9.17, 15) is 13.9 Å². The Morgan fingerprint density at radius 3 is 2.95 bits per heavy atom. The molecule has 2 aliphatic rings. The molecular weight excluding hydrogens is 282 g/mol. The van der Waals surface area contributed by atoms with Crippen molar-refractivity contribution in [1.29, 1.82) is 0 Å². The predicted molar refractivity (Wildman–Crippen MR) is 74.7 cm³/mol. The minimum atomic E-state index is -0.887. The average Bonchev–Trinajstić information content (AvgIpc) is 2.86. The maximum absolute atomic E-state index is 13.8. The van der Waals surface area contributed by atoms with Crippen LogP contribution in [0.5, 0.6) is 0 Å². The van der Waals surface area contributed by atoms with Crippen LogP contribution in [0.15, 0.2) is 18.2 Å². The third-order valence-electron chi connectivity index (χ3n) is 4.33. The first-order valence-corrected chi connectivity index (χ1v) is 8.10. The molecule has 3 unspecified atom stereocenters. The first-order valence-electron chi connectivity index (χ1n) is 6.94. The van der Waals surface area contributed by atoms with Crippen LogP contribution < -0.4 is 0 Å². The standard InChI is InChI=1S/C15H18F2O2S/c16-11-1-2-12(13(17)7-11)14(18)10-3-5-19-15(8-10)4-6-20-9-15/h1-2,7,10,14,18H,3-6,8-9H2. The molecule has 2 aliphatic heterocycles. The maximum Gasteiger partial charge on any atom is 0.131 e. The highest BCUT2D eigenvalue weighted by Crippen LogP contribution is 2.44. The largest absolute Gasteiger partial charge is 0.388 e. The van der Waals surface area contributed by atoms with Crippen LogP contribution in [0.4, 0.5) is 8.78 Å². The molecule has 2 fully saturated rings. The van der Waals surface area contributed by atoms with Gasteiger partial charge in [-0.25, -0.2) is 8.78 Å². The number of aliphatic hydroxyl groups is 1. The highest BCUT2D eigenvalue weighted by Gasteiger charge is 2.42. The van der Waals surface area contributed by atoms with E-state index >= 15 is 0 Å². The minimum Gasteiger partial charge on any atom is -0.388 e. The van der Waals surface area contributed by atoms with Gasteiger partial charge in [-0.1, -0.05) is 6.07 Å². The Morgan fingerprint density at radius 2 is 2.25 bits per heavy atom. The van der Waals surface area contributed by atoms with Crippen molar-refractivity contribution >= 4 is 11.8 Å². The molecule has 0 saturated carbocycles. The van der Waals surface area contributed by atoms with E-state index < -0.39 is 17.7 Å². The van der Waals surface area contributed by atoms with Crippen LogP contribution in [0, 0.1) is 17.6 Å². The van der Waals surface area contributed by atoms with Gasteiger partial charge in [-0.3, -0.25) is 0 Å². The van der Waals surface area contributed by atoms with Gasteiger partial charge in [0.05, 0.1) is 11.7 Å². The smallest absolute Gasteiger partial charge is 0.131 e. The molecule has 0 aromatic heterocycles. The van der Waals surface area contributed by atoms with Gasteiger partial charge in [-0.05, 0) is 37.0 Å². The highest BCUT2D eigenvalue weighted by molar-refractivity contribution is 7.99. The number of hydrogen-bond acceptors (Lipinski definition) is 3. The molecule has 2 saturated heterocycles. The van der Waals surface area contributed by atoms with Crippen molar-refractivity contribution in [2.45, 2.75) is 31.0 Å². The van der Waals surface area contributed by atoms with Crippen molar-refractivity contribution in [2.75, 3.05) is 18.1 Å². The molecule has 0 radical (unpaired) electrons. The van der Waals surface area contributed by atoms with Gasteiger partial charge in [0.25, 0.3) is 0 Å². The number of benzene rings is 1. The van der Waals surface area contributed by atoms with E-state index in [1.165, 1.54) is 12.1 Å². The Kier molecular flexibility index (Phi) is 4.02. The van der Waals surface area contributed by atoms with Crippen LogP contribution in [-0.2, 0) is 4.74 Å². The summed E-state index contributed by atoms with van der Waals surface area (Å²) < 4.78 is 32.6. The molecule has 5 heteroatoms.